The zero-order valence-corrected chi connectivity index (χ0v) is 13.9. The van der Waals surface area contributed by atoms with E-state index in [0.29, 0.717) is 30.0 Å². The molecule has 22 heavy (non-hydrogen) atoms. The van der Waals surface area contributed by atoms with Gasteiger partial charge in [-0.25, -0.2) is 4.68 Å². The SMILES string of the molecule is CCN(C[C@@H](C)C#N)C(=O)CSc1nnnn1C1CCCC1. The van der Waals surface area contributed by atoms with Crippen molar-refractivity contribution in [1.82, 2.24) is 25.1 Å². The van der Waals surface area contributed by atoms with Gasteiger partial charge >= 0.3 is 0 Å². The average molecular weight is 322 g/mol. The van der Waals surface area contributed by atoms with E-state index in [4.69, 9.17) is 5.26 Å². The molecule has 0 aliphatic heterocycles. The third-order valence-electron chi connectivity index (χ3n) is 3.91. The lowest BCUT2D eigenvalue weighted by molar-refractivity contribution is -0.128. The van der Waals surface area contributed by atoms with Gasteiger partial charge in [0.2, 0.25) is 11.1 Å². The fraction of sp³-hybridized carbons (Fsp3) is 0.786. The Morgan fingerprint density at radius 1 is 1.55 bits per heavy atom. The first kappa shape index (κ1) is 16.7. The van der Waals surface area contributed by atoms with Crippen molar-refractivity contribution < 1.29 is 4.79 Å². The van der Waals surface area contributed by atoms with Crippen LogP contribution in [-0.2, 0) is 4.79 Å². The van der Waals surface area contributed by atoms with Crippen molar-refractivity contribution in [2.24, 2.45) is 5.92 Å². The summed E-state index contributed by atoms with van der Waals surface area (Å²) >= 11 is 1.38. The zero-order chi connectivity index (χ0) is 15.9. The standard InChI is InChI=1S/C14H22N6OS/c1-3-19(9-11(2)8-15)13(21)10-22-14-16-17-18-20(14)12-6-4-5-7-12/h11-12H,3-7,9-10H2,1-2H3/t11-/m0/s1. The Morgan fingerprint density at radius 2 is 2.27 bits per heavy atom. The van der Waals surface area contributed by atoms with Gasteiger partial charge in [0, 0.05) is 13.1 Å². The van der Waals surface area contributed by atoms with E-state index < -0.39 is 0 Å². The molecule has 120 valence electrons. The summed E-state index contributed by atoms with van der Waals surface area (Å²) in [5.74, 6) is 0.173. The van der Waals surface area contributed by atoms with E-state index in [1.54, 1.807) is 4.90 Å². The van der Waals surface area contributed by atoms with Crippen molar-refractivity contribution in [2.75, 3.05) is 18.8 Å². The van der Waals surface area contributed by atoms with Crippen LogP contribution in [-0.4, -0.2) is 49.9 Å². The summed E-state index contributed by atoms with van der Waals surface area (Å²) in [5.41, 5.74) is 0. The highest BCUT2D eigenvalue weighted by Gasteiger charge is 2.23. The second-order valence-corrected chi connectivity index (χ2v) is 6.54. The van der Waals surface area contributed by atoms with Crippen LogP contribution in [0.25, 0.3) is 0 Å². The highest BCUT2D eigenvalue weighted by molar-refractivity contribution is 7.99. The fourth-order valence-electron chi connectivity index (χ4n) is 2.65. The maximum atomic E-state index is 12.3. The quantitative estimate of drug-likeness (QED) is 0.712. The maximum Gasteiger partial charge on any atom is 0.233 e. The number of thioether (sulfide) groups is 1. The first-order valence-electron chi connectivity index (χ1n) is 7.73. The molecule has 1 amide bonds. The number of aromatic nitrogens is 4. The van der Waals surface area contributed by atoms with Crippen LogP contribution in [0.1, 0.15) is 45.6 Å². The molecule has 1 aromatic rings. The van der Waals surface area contributed by atoms with E-state index in [0.717, 1.165) is 12.8 Å². The lowest BCUT2D eigenvalue weighted by Gasteiger charge is -2.21. The van der Waals surface area contributed by atoms with Crippen molar-refractivity contribution in [2.45, 2.75) is 50.7 Å². The molecule has 1 aliphatic carbocycles. The van der Waals surface area contributed by atoms with Crippen LogP contribution in [0, 0.1) is 17.2 Å². The number of hydrogen-bond acceptors (Lipinski definition) is 6. The number of carbonyl (C=O) groups is 1. The first-order valence-corrected chi connectivity index (χ1v) is 8.72. The molecule has 0 aromatic carbocycles. The normalized spacial score (nSPS) is 16.4. The number of nitriles is 1. The second kappa shape index (κ2) is 8.13. The molecule has 1 fully saturated rings. The van der Waals surface area contributed by atoms with Crippen LogP contribution in [0.2, 0.25) is 0 Å². The van der Waals surface area contributed by atoms with Crippen LogP contribution < -0.4 is 0 Å². The van der Waals surface area contributed by atoms with E-state index in [1.807, 2.05) is 18.5 Å². The Hall–Kier alpha value is -1.62. The molecular formula is C14H22N6OS. The molecule has 1 saturated carbocycles. The van der Waals surface area contributed by atoms with Crippen molar-refractivity contribution in [3.63, 3.8) is 0 Å². The topological polar surface area (TPSA) is 87.7 Å². The summed E-state index contributed by atoms with van der Waals surface area (Å²) in [4.78, 5) is 14.0. The van der Waals surface area contributed by atoms with E-state index in [-0.39, 0.29) is 11.8 Å². The van der Waals surface area contributed by atoms with Crippen molar-refractivity contribution in [1.29, 1.82) is 5.26 Å². The summed E-state index contributed by atoms with van der Waals surface area (Å²) in [6.45, 7) is 4.83. The largest absolute Gasteiger partial charge is 0.341 e. The summed E-state index contributed by atoms with van der Waals surface area (Å²) in [5, 5.41) is 21.4. The molecule has 1 aromatic heterocycles. The molecule has 2 rings (SSSR count). The van der Waals surface area contributed by atoms with E-state index >= 15 is 0 Å². The maximum absolute atomic E-state index is 12.3. The smallest absolute Gasteiger partial charge is 0.233 e. The van der Waals surface area contributed by atoms with Gasteiger partial charge in [-0.15, -0.1) is 5.10 Å². The van der Waals surface area contributed by atoms with Gasteiger partial charge in [0.05, 0.1) is 23.8 Å². The average Bonchev–Trinajstić information content (AvgIpc) is 3.19. The molecule has 0 bridgehead atoms. The van der Waals surface area contributed by atoms with Gasteiger partial charge in [0.25, 0.3) is 0 Å². The second-order valence-electron chi connectivity index (χ2n) is 5.60. The molecule has 0 radical (unpaired) electrons. The highest BCUT2D eigenvalue weighted by atomic mass is 32.2. The molecule has 0 saturated heterocycles. The number of tetrazole rings is 1. The monoisotopic (exact) mass is 322 g/mol. The van der Waals surface area contributed by atoms with Gasteiger partial charge in [0.15, 0.2) is 0 Å². The van der Waals surface area contributed by atoms with Gasteiger partial charge < -0.3 is 4.90 Å². The summed E-state index contributed by atoms with van der Waals surface area (Å²) in [6.07, 6.45) is 4.63. The number of hydrogen-bond donors (Lipinski definition) is 0. The molecule has 1 heterocycles. The lowest BCUT2D eigenvalue weighted by atomic mass is 10.2. The molecule has 0 unspecified atom stereocenters. The van der Waals surface area contributed by atoms with Gasteiger partial charge in [-0.3, -0.25) is 4.79 Å². The Bertz CT molecular complexity index is 534. The summed E-state index contributed by atoms with van der Waals surface area (Å²) in [7, 11) is 0. The van der Waals surface area contributed by atoms with Crippen molar-refractivity contribution in [3.8, 4) is 6.07 Å². The van der Waals surface area contributed by atoms with Crippen molar-refractivity contribution >= 4 is 17.7 Å². The third-order valence-corrected chi connectivity index (χ3v) is 4.83. The van der Waals surface area contributed by atoms with E-state index in [1.165, 1.54) is 24.6 Å². The van der Waals surface area contributed by atoms with Gasteiger partial charge in [-0.05, 0) is 37.1 Å². The number of carbonyl (C=O) groups excluding carboxylic acids is 1. The Labute approximate surface area is 135 Å². The number of amides is 1. The Kier molecular flexibility index (Phi) is 6.19. The Balaban J connectivity index is 1.90. The van der Waals surface area contributed by atoms with Crippen LogP contribution in [0.5, 0.6) is 0 Å². The Morgan fingerprint density at radius 3 is 2.91 bits per heavy atom. The molecule has 1 aliphatic rings. The minimum Gasteiger partial charge on any atom is -0.341 e. The van der Waals surface area contributed by atoms with Crippen LogP contribution in [0.4, 0.5) is 0 Å². The van der Waals surface area contributed by atoms with E-state index in [9.17, 15) is 4.79 Å². The van der Waals surface area contributed by atoms with Crippen LogP contribution in [0.15, 0.2) is 5.16 Å². The predicted octanol–water partition coefficient (Wildman–Crippen LogP) is 1.89. The molecule has 8 heteroatoms. The molecule has 1 atom stereocenters. The molecule has 7 nitrogen and oxygen atoms in total. The van der Waals surface area contributed by atoms with Crippen LogP contribution in [0.3, 0.4) is 0 Å². The van der Waals surface area contributed by atoms with Crippen molar-refractivity contribution in [3.05, 3.63) is 0 Å². The predicted molar refractivity (Wildman–Crippen MR) is 83.1 cm³/mol. The van der Waals surface area contributed by atoms with Gasteiger partial charge in [0.1, 0.15) is 0 Å². The number of rotatable bonds is 7. The van der Waals surface area contributed by atoms with Crippen LogP contribution >= 0.6 is 11.8 Å². The number of nitrogens with zero attached hydrogens (tertiary/aromatic N) is 6. The minimum absolute atomic E-state index is 0.0237. The third kappa shape index (κ3) is 4.19. The zero-order valence-electron chi connectivity index (χ0n) is 13.1. The van der Waals surface area contributed by atoms with E-state index in [2.05, 4.69) is 21.6 Å². The molecular weight excluding hydrogens is 300 g/mol. The summed E-state index contributed by atoms with van der Waals surface area (Å²) < 4.78 is 1.86. The first-order chi connectivity index (χ1) is 10.7. The molecule has 0 N–H and O–H groups in total. The lowest BCUT2D eigenvalue weighted by Crippen LogP contribution is -2.35. The minimum atomic E-state index is -0.155. The summed E-state index contributed by atoms with van der Waals surface area (Å²) in [6, 6.07) is 2.53. The molecule has 0 spiro atoms. The fourth-order valence-corrected chi connectivity index (χ4v) is 3.50. The van der Waals surface area contributed by atoms with Gasteiger partial charge in [-0.2, -0.15) is 5.26 Å². The van der Waals surface area contributed by atoms with Gasteiger partial charge in [-0.1, -0.05) is 24.6 Å². The highest BCUT2D eigenvalue weighted by Crippen LogP contribution is 2.31.